The molecule has 0 saturated heterocycles. The van der Waals surface area contributed by atoms with Gasteiger partial charge in [0, 0.05) is 18.8 Å². The molecule has 1 atom stereocenters. The van der Waals surface area contributed by atoms with Crippen molar-refractivity contribution in [2.24, 2.45) is 7.05 Å². The Morgan fingerprint density at radius 2 is 1.79 bits per heavy atom. The average Bonchev–Trinajstić information content (AvgIpc) is 3.29. The van der Waals surface area contributed by atoms with Gasteiger partial charge < -0.3 is 9.47 Å². The standard InChI is InChI=1S/C21H21FN6S/c1-25(13-16-12-23-27(14-16)17-8-4-3-5-9-17)15-28-21(29)26(2)20(24-28)18-10-6-7-11-19(18)22/h3-12,14H,13,15H2,1-2H3/p+1. The van der Waals surface area contributed by atoms with E-state index in [9.17, 15) is 4.39 Å². The number of quaternary nitrogens is 1. The highest BCUT2D eigenvalue weighted by Gasteiger charge is 2.16. The molecule has 148 valence electrons. The zero-order chi connectivity index (χ0) is 20.4. The highest BCUT2D eigenvalue weighted by atomic mass is 32.1. The van der Waals surface area contributed by atoms with Crippen LogP contribution in [0.25, 0.3) is 17.1 Å². The van der Waals surface area contributed by atoms with Crippen LogP contribution in [0, 0.1) is 10.6 Å². The Labute approximate surface area is 173 Å². The highest BCUT2D eigenvalue weighted by Crippen LogP contribution is 2.20. The van der Waals surface area contributed by atoms with E-state index in [-0.39, 0.29) is 5.82 Å². The van der Waals surface area contributed by atoms with Crippen molar-refractivity contribution in [2.45, 2.75) is 13.2 Å². The zero-order valence-corrected chi connectivity index (χ0v) is 17.1. The van der Waals surface area contributed by atoms with E-state index in [1.165, 1.54) is 11.0 Å². The Morgan fingerprint density at radius 1 is 1.07 bits per heavy atom. The molecule has 0 spiro atoms. The van der Waals surface area contributed by atoms with Crippen LogP contribution in [-0.4, -0.2) is 31.2 Å². The van der Waals surface area contributed by atoms with E-state index in [1.807, 2.05) is 54.5 Å². The Morgan fingerprint density at radius 3 is 2.55 bits per heavy atom. The molecule has 4 rings (SSSR count). The number of hydrogen-bond donors (Lipinski definition) is 1. The summed E-state index contributed by atoms with van der Waals surface area (Å²) in [7, 11) is 3.88. The molecule has 2 aromatic carbocycles. The maximum Gasteiger partial charge on any atom is 0.202 e. The molecule has 0 saturated carbocycles. The Bertz CT molecular complexity index is 1180. The van der Waals surface area contributed by atoms with Crippen LogP contribution in [0.1, 0.15) is 5.56 Å². The normalized spacial score (nSPS) is 12.2. The lowest BCUT2D eigenvalue weighted by molar-refractivity contribution is -0.917. The smallest absolute Gasteiger partial charge is 0.202 e. The van der Waals surface area contributed by atoms with Gasteiger partial charge in [-0.05, 0) is 36.5 Å². The lowest BCUT2D eigenvalue weighted by atomic mass is 10.2. The van der Waals surface area contributed by atoms with E-state index >= 15 is 0 Å². The van der Waals surface area contributed by atoms with Gasteiger partial charge in [0.1, 0.15) is 12.4 Å². The molecule has 0 radical (unpaired) electrons. The predicted octanol–water partition coefficient (Wildman–Crippen LogP) is 2.62. The quantitative estimate of drug-likeness (QED) is 0.498. The van der Waals surface area contributed by atoms with Crippen molar-refractivity contribution in [3.8, 4) is 17.1 Å². The van der Waals surface area contributed by atoms with E-state index < -0.39 is 0 Å². The maximum atomic E-state index is 14.2. The molecule has 6 nitrogen and oxygen atoms in total. The van der Waals surface area contributed by atoms with Crippen LogP contribution in [0.5, 0.6) is 0 Å². The minimum Gasteiger partial charge on any atom is -0.315 e. The van der Waals surface area contributed by atoms with Gasteiger partial charge in [0.05, 0.1) is 24.5 Å². The summed E-state index contributed by atoms with van der Waals surface area (Å²) in [6.45, 7) is 1.33. The van der Waals surface area contributed by atoms with Crippen LogP contribution >= 0.6 is 12.2 Å². The summed E-state index contributed by atoms with van der Waals surface area (Å²) in [6.07, 6.45) is 3.90. The van der Waals surface area contributed by atoms with Crippen molar-refractivity contribution in [1.29, 1.82) is 0 Å². The number of para-hydroxylation sites is 1. The monoisotopic (exact) mass is 409 g/mol. The second kappa shape index (κ2) is 8.10. The molecule has 0 fully saturated rings. The molecular formula is C21H22FN6S+. The van der Waals surface area contributed by atoms with Crippen LogP contribution in [0.3, 0.4) is 0 Å². The van der Waals surface area contributed by atoms with Crippen molar-refractivity contribution in [3.05, 3.63) is 83.1 Å². The number of hydrogen-bond acceptors (Lipinski definition) is 3. The molecule has 0 aliphatic heterocycles. The average molecular weight is 410 g/mol. The van der Waals surface area contributed by atoms with Gasteiger partial charge in [-0.2, -0.15) is 9.78 Å². The summed E-state index contributed by atoms with van der Waals surface area (Å²) < 4.78 is 20.1. The third-order valence-electron chi connectivity index (χ3n) is 4.74. The predicted molar refractivity (Wildman–Crippen MR) is 112 cm³/mol. The van der Waals surface area contributed by atoms with Gasteiger partial charge >= 0.3 is 0 Å². The van der Waals surface area contributed by atoms with Crippen LogP contribution in [0.2, 0.25) is 0 Å². The van der Waals surface area contributed by atoms with Crippen LogP contribution in [0.4, 0.5) is 4.39 Å². The van der Waals surface area contributed by atoms with Crippen molar-refractivity contribution in [3.63, 3.8) is 0 Å². The molecular weight excluding hydrogens is 387 g/mol. The van der Waals surface area contributed by atoms with Crippen LogP contribution in [-0.2, 0) is 20.3 Å². The summed E-state index contributed by atoms with van der Waals surface area (Å²) in [4.78, 5) is 1.19. The molecule has 2 heterocycles. The van der Waals surface area contributed by atoms with Gasteiger partial charge in [0.2, 0.25) is 4.77 Å². The van der Waals surface area contributed by atoms with Gasteiger partial charge in [0.25, 0.3) is 0 Å². The van der Waals surface area contributed by atoms with Crippen LogP contribution in [0.15, 0.2) is 67.0 Å². The molecule has 0 bridgehead atoms. The number of nitrogens with zero attached hydrogens (tertiary/aromatic N) is 5. The molecule has 0 aliphatic carbocycles. The molecule has 0 aliphatic rings. The summed E-state index contributed by atoms with van der Waals surface area (Å²) in [5.74, 6) is 0.217. The number of benzene rings is 2. The maximum absolute atomic E-state index is 14.2. The fourth-order valence-corrected chi connectivity index (χ4v) is 3.49. The summed E-state index contributed by atoms with van der Waals surface area (Å²) >= 11 is 5.52. The minimum atomic E-state index is -0.309. The van der Waals surface area contributed by atoms with Gasteiger partial charge in [0.15, 0.2) is 12.5 Å². The van der Waals surface area contributed by atoms with Crippen LogP contribution < -0.4 is 4.90 Å². The van der Waals surface area contributed by atoms with E-state index in [4.69, 9.17) is 12.2 Å². The van der Waals surface area contributed by atoms with Crippen molar-refractivity contribution < 1.29 is 9.29 Å². The Balaban J connectivity index is 1.50. The fraction of sp³-hybridized carbons (Fsp3) is 0.190. The number of halogens is 1. The third kappa shape index (κ3) is 4.03. The molecule has 2 aromatic heterocycles. The van der Waals surface area contributed by atoms with E-state index in [0.29, 0.717) is 22.8 Å². The molecule has 8 heteroatoms. The second-order valence-electron chi connectivity index (χ2n) is 7.07. The first-order valence-electron chi connectivity index (χ1n) is 9.32. The number of rotatable bonds is 6. The number of nitrogens with one attached hydrogen (secondary N) is 1. The first-order chi connectivity index (χ1) is 14.0. The molecule has 29 heavy (non-hydrogen) atoms. The molecule has 1 N–H and O–H groups in total. The van der Waals surface area contributed by atoms with Gasteiger partial charge in [-0.1, -0.05) is 30.3 Å². The topological polar surface area (TPSA) is 45.0 Å². The highest BCUT2D eigenvalue weighted by molar-refractivity contribution is 7.71. The van der Waals surface area contributed by atoms with E-state index in [2.05, 4.69) is 17.2 Å². The molecule has 4 aromatic rings. The van der Waals surface area contributed by atoms with E-state index in [1.54, 1.807) is 27.4 Å². The van der Waals surface area contributed by atoms with Gasteiger partial charge in [-0.3, -0.25) is 0 Å². The Kier molecular flexibility index (Phi) is 5.37. The van der Waals surface area contributed by atoms with E-state index in [0.717, 1.165) is 17.8 Å². The molecule has 0 amide bonds. The number of aromatic nitrogens is 5. The van der Waals surface area contributed by atoms with Crippen molar-refractivity contribution in [1.82, 2.24) is 24.1 Å². The Hall–Kier alpha value is -3.10. The fourth-order valence-electron chi connectivity index (χ4n) is 3.30. The lowest BCUT2D eigenvalue weighted by Gasteiger charge is -2.12. The first-order valence-corrected chi connectivity index (χ1v) is 9.73. The van der Waals surface area contributed by atoms with Crippen molar-refractivity contribution in [2.75, 3.05) is 7.05 Å². The largest absolute Gasteiger partial charge is 0.315 e. The minimum absolute atomic E-state index is 0.309. The summed E-state index contributed by atoms with van der Waals surface area (Å²) in [5.41, 5.74) is 2.59. The SMILES string of the molecule is Cn1c(-c2ccccc2F)nn(C[NH+](C)Cc2cnn(-c3ccccc3)c2)c1=S. The zero-order valence-electron chi connectivity index (χ0n) is 16.3. The van der Waals surface area contributed by atoms with Crippen molar-refractivity contribution >= 4 is 12.2 Å². The van der Waals surface area contributed by atoms with Gasteiger partial charge in [-0.25, -0.2) is 9.07 Å². The first kappa shape index (κ1) is 19.2. The third-order valence-corrected chi connectivity index (χ3v) is 5.22. The molecule has 1 unspecified atom stereocenters. The second-order valence-corrected chi connectivity index (χ2v) is 7.43. The summed E-state index contributed by atoms with van der Waals surface area (Å²) in [6, 6.07) is 16.6. The van der Waals surface area contributed by atoms with Gasteiger partial charge in [-0.15, -0.1) is 5.10 Å². The lowest BCUT2D eigenvalue weighted by Crippen LogP contribution is -3.07. The summed E-state index contributed by atoms with van der Waals surface area (Å²) in [5, 5.41) is 9.01.